The van der Waals surface area contributed by atoms with Crippen LogP contribution < -0.4 is 11.0 Å². The van der Waals surface area contributed by atoms with Gasteiger partial charge in [-0.1, -0.05) is 18.2 Å². The van der Waals surface area contributed by atoms with E-state index < -0.39 is 5.82 Å². The van der Waals surface area contributed by atoms with E-state index >= 15 is 0 Å². The van der Waals surface area contributed by atoms with Crippen LogP contribution in [0.5, 0.6) is 0 Å². The molecule has 0 saturated heterocycles. The van der Waals surface area contributed by atoms with Crippen molar-refractivity contribution < 1.29 is 14.0 Å². The maximum absolute atomic E-state index is 14.1. The number of aromatic amines is 1. The van der Waals surface area contributed by atoms with Crippen LogP contribution in [0.15, 0.2) is 58.4 Å². The number of halogens is 1. The molecule has 0 atom stereocenters. The molecular weight excluding hydrogens is 381 g/mol. The quantitative estimate of drug-likeness (QED) is 0.490. The molecule has 1 amide bonds. The number of carbonyl (C=O) groups excluding carboxylic acids is 2. The Morgan fingerprint density at radius 1 is 1.21 bits per heavy atom. The maximum Gasteiger partial charge on any atom is 0.330 e. The molecule has 0 unspecified atom stereocenters. The molecule has 28 heavy (non-hydrogen) atoms. The molecule has 0 spiro atoms. The first-order valence-corrected chi connectivity index (χ1v) is 9.45. The second kappa shape index (κ2) is 8.26. The van der Waals surface area contributed by atoms with Gasteiger partial charge in [-0.3, -0.25) is 14.2 Å². The normalized spacial score (nSPS) is 10.7. The number of anilines is 1. The molecule has 3 rings (SSSR count). The molecule has 3 aromatic rings. The fourth-order valence-electron chi connectivity index (χ4n) is 2.70. The lowest BCUT2D eigenvalue weighted by Gasteiger charge is -2.12. The van der Waals surface area contributed by atoms with E-state index in [9.17, 15) is 18.8 Å². The molecule has 2 N–H and O–H groups in total. The lowest BCUT2D eigenvalue weighted by Crippen LogP contribution is -2.20. The molecule has 2 aromatic carbocycles. The number of carbonyl (C=O) groups is 2. The third-order valence-electron chi connectivity index (χ3n) is 4.08. The number of nitrogens with zero attached hydrogens (tertiary/aromatic N) is 1. The van der Waals surface area contributed by atoms with Gasteiger partial charge in [-0.2, -0.15) is 0 Å². The number of Topliss-reactive ketones (excluding diaryl/α,β-unsaturated/α-hetero) is 1. The van der Waals surface area contributed by atoms with Crippen molar-refractivity contribution in [3.8, 4) is 5.69 Å². The van der Waals surface area contributed by atoms with Gasteiger partial charge in [-0.05, 0) is 38.1 Å². The highest BCUT2D eigenvalue weighted by atomic mass is 32.2. The molecule has 0 saturated carbocycles. The van der Waals surface area contributed by atoms with Gasteiger partial charge in [0, 0.05) is 22.3 Å². The number of H-pyrrole nitrogens is 1. The van der Waals surface area contributed by atoms with Crippen LogP contribution in [0.3, 0.4) is 0 Å². The summed E-state index contributed by atoms with van der Waals surface area (Å²) >= 11 is 1.03. The van der Waals surface area contributed by atoms with Gasteiger partial charge in [0.25, 0.3) is 0 Å². The van der Waals surface area contributed by atoms with Crippen molar-refractivity contribution in [3.05, 3.63) is 76.2 Å². The number of ketones is 1. The van der Waals surface area contributed by atoms with Crippen LogP contribution in [0.25, 0.3) is 5.69 Å². The fraction of sp³-hybridized carbons (Fsp3) is 0.150. The number of hydrogen-bond acceptors (Lipinski definition) is 4. The Labute approximate surface area is 164 Å². The maximum atomic E-state index is 14.1. The highest BCUT2D eigenvalue weighted by molar-refractivity contribution is 8.00. The number of aromatic nitrogens is 2. The molecule has 144 valence electrons. The summed E-state index contributed by atoms with van der Waals surface area (Å²) in [7, 11) is 0. The van der Waals surface area contributed by atoms with Gasteiger partial charge in [0.2, 0.25) is 5.91 Å². The zero-order valence-electron chi connectivity index (χ0n) is 15.3. The first-order chi connectivity index (χ1) is 13.4. The Balaban J connectivity index is 1.73. The summed E-state index contributed by atoms with van der Waals surface area (Å²) in [5.41, 5.74) is 1.70. The summed E-state index contributed by atoms with van der Waals surface area (Å²) in [6.07, 6.45) is 1.59. The lowest BCUT2D eigenvalue weighted by atomic mass is 10.1. The van der Waals surface area contributed by atoms with Crippen LogP contribution in [0.1, 0.15) is 23.0 Å². The third-order valence-corrected chi connectivity index (χ3v) is 5.13. The van der Waals surface area contributed by atoms with Crippen molar-refractivity contribution in [2.45, 2.75) is 18.7 Å². The molecule has 0 aliphatic heterocycles. The third kappa shape index (κ3) is 4.23. The minimum absolute atomic E-state index is 0.0221. The van der Waals surface area contributed by atoms with Gasteiger partial charge in [0.1, 0.15) is 5.82 Å². The largest absolute Gasteiger partial charge is 0.330 e. The van der Waals surface area contributed by atoms with Crippen molar-refractivity contribution in [2.24, 2.45) is 0 Å². The first kappa shape index (κ1) is 19.6. The zero-order valence-corrected chi connectivity index (χ0v) is 16.1. The number of thioether (sulfide) groups is 1. The van der Waals surface area contributed by atoms with E-state index in [1.165, 1.54) is 29.7 Å². The van der Waals surface area contributed by atoms with Crippen LogP contribution in [0.2, 0.25) is 0 Å². The Morgan fingerprint density at radius 3 is 2.61 bits per heavy atom. The van der Waals surface area contributed by atoms with Gasteiger partial charge >= 0.3 is 5.69 Å². The van der Waals surface area contributed by atoms with Gasteiger partial charge in [0.15, 0.2) is 5.78 Å². The summed E-state index contributed by atoms with van der Waals surface area (Å²) in [5.74, 6) is -1.12. The highest BCUT2D eigenvalue weighted by Gasteiger charge is 2.13. The van der Waals surface area contributed by atoms with Crippen LogP contribution in [0, 0.1) is 12.7 Å². The summed E-state index contributed by atoms with van der Waals surface area (Å²) in [5, 5.41) is 2.76. The molecule has 0 bridgehead atoms. The van der Waals surface area contributed by atoms with Crippen molar-refractivity contribution in [1.29, 1.82) is 0 Å². The molecule has 8 heteroatoms. The number of rotatable bonds is 6. The fourth-order valence-corrected chi connectivity index (χ4v) is 3.42. The summed E-state index contributed by atoms with van der Waals surface area (Å²) in [6, 6.07) is 11.1. The predicted octanol–water partition coefficient (Wildman–Crippen LogP) is 3.55. The van der Waals surface area contributed by atoms with Crippen LogP contribution in [-0.4, -0.2) is 27.0 Å². The Bertz CT molecular complexity index is 1100. The van der Waals surface area contributed by atoms with E-state index in [-0.39, 0.29) is 33.6 Å². The Kier molecular flexibility index (Phi) is 5.79. The number of para-hydroxylation sites is 2. The molecular formula is C20H18FN3O3S. The molecule has 6 nitrogen and oxygen atoms in total. The topological polar surface area (TPSA) is 84.0 Å². The molecule has 0 aliphatic rings. The van der Waals surface area contributed by atoms with E-state index in [0.717, 1.165) is 11.8 Å². The zero-order chi connectivity index (χ0) is 20.3. The average molecular weight is 399 g/mol. The molecule has 0 aliphatic carbocycles. The average Bonchev–Trinajstić information content (AvgIpc) is 2.99. The van der Waals surface area contributed by atoms with Crippen LogP contribution in [-0.2, 0) is 4.79 Å². The summed E-state index contributed by atoms with van der Waals surface area (Å²) in [6.45, 7) is 3.14. The Morgan fingerprint density at radius 2 is 1.96 bits per heavy atom. The van der Waals surface area contributed by atoms with Gasteiger partial charge in [-0.15, -0.1) is 11.8 Å². The molecule has 0 fully saturated rings. The molecule has 0 radical (unpaired) electrons. The minimum atomic E-state index is -0.541. The number of amides is 1. The Hall–Kier alpha value is -3.13. The highest BCUT2D eigenvalue weighted by Crippen LogP contribution is 2.24. The van der Waals surface area contributed by atoms with Gasteiger partial charge < -0.3 is 10.3 Å². The second-order valence-electron chi connectivity index (χ2n) is 6.13. The number of aryl methyl sites for hydroxylation is 1. The van der Waals surface area contributed by atoms with Gasteiger partial charge in [-0.25, -0.2) is 9.18 Å². The van der Waals surface area contributed by atoms with Crippen LogP contribution in [0.4, 0.5) is 10.1 Å². The van der Waals surface area contributed by atoms with Crippen LogP contribution >= 0.6 is 11.8 Å². The lowest BCUT2D eigenvalue weighted by molar-refractivity contribution is -0.113. The van der Waals surface area contributed by atoms with E-state index in [4.69, 9.17) is 0 Å². The molecule has 1 aromatic heterocycles. The van der Waals surface area contributed by atoms with E-state index in [1.54, 1.807) is 37.4 Å². The first-order valence-electron chi connectivity index (χ1n) is 8.46. The van der Waals surface area contributed by atoms with E-state index in [2.05, 4.69) is 10.3 Å². The number of imidazole rings is 1. The second-order valence-corrected chi connectivity index (χ2v) is 7.14. The summed E-state index contributed by atoms with van der Waals surface area (Å²) in [4.78, 5) is 38.6. The van der Waals surface area contributed by atoms with E-state index in [0.29, 0.717) is 17.1 Å². The predicted molar refractivity (Wildman–Crippen MR) is 107 cm³/mol. The minimum Gasteiger partial charge on any atom is -0.324 e. The summed E-state index contributed by atoms with van der Waals surface area (Å²) < 4.78 is 15.5. The number of hydrogen-bond donors (Lipinski definition) is 2. The number of benzene rings is 2. The van der Waals surface area contributed by atoms with Crippen molar-refractivity contribution in [2.75, 3.05) is 11.1 Å². The van der Waals surface area contributed by atoms with Crippen molar-refractivity contribution in [3.63, 3.8) is 0 Å². The van der Waals surface area contributed by atoms with Crippen molar-refractivity contribution >= 4 is 29.1 Å². The SMILES string of the molecule is CC(=O)c1ccc(SCC(=O)Nc2ccccc2-n2c(C)c[nH]c2=O)c(F)c1. The smallest absolute Gasteiger partial charge is 0.324 e. The standard InChI is InChI=1S/C20H18FN3O3S/c1-12-10-22-20(27)24(12)17-6-4-3-5-16(17)23-19(26)11-28-18-8-7-14(13(2)25)9-15(18)21/h3-10H,11H2,1-2H3,(H,22,27)(H,23,26). The van der Waals surface area contributed by atoms with Crippen molar-refractivity contribution in [1.82, 2.24) is 9.55 Å². The number of nitrogens with one attached hydrogen (secondary N) is 2. The molecule has 1 heterocycles. The van der Waals surface area contributed by atoms with E-state index in [1.807, 2.05) is 0 Å². The van der Waals surface area contributed by atoms with Gasteiger partial charge in [0.05, 0.1) is 17.1 Å². The monoisotopic (exact) mass is 399 g/mol.